The second-order valence-electron chi connectivity index (χ2n) is 6.25. The Labute approximate surface area is 169 Å². The van der Waals surface area contributed by atoms with Crippen molar-refractivity contribution in [1.29, 1.82) is 0 Å². The maximum atomic E-state index is 13.5. The first-order valence-electron chi connectivity index (χ1n) is 8.48. The fourth-order valence-corrected chi connectivity index (χ4v) is 4.64. The average Bonchev–Trinajstić information content (AvgIpc) is 2.67. The molecule has 0 N–H and O–H groups in total. The van der Waals surface area contributed by atoms with E-state index >= 15 is 0 Å². The minimum absolute atomic E-state index is 0.0469. The van der Waals surface area contributed by atoms with Gasteiger partial charge in [0.15, 0.2) is 0 Å². The molecule has 0 amide bonds. The van der Waals surface area contributed by atoms with E-state index in [0.717, 1.165) is 11.6 Å². The molecule has 0 heterocycles. The van der Waals surface area contributed by atoms with E-state index < -0.39 is 15.8 Å². The van der Waals surface area contributed by atoms with Gasteiger partial charge in [0, 0.05) is 11.1 Å². The lowest BCUT2D eigenvalue weighted by Crippen LogP contribution is -2.31. The Bertz CT molecular complexity index is 1090. The summed E-state index contributed by atoms with van der Waals surface area (Å²) >= 11 is 5.94. The number of sulfonamides is 1. The zero-order valence-electron chi connectivity index (χ0n) is 15.4. The molecular weight excluding hydrogens is 401 g/mol. The van der Waals surface area contributed by atoms with E-state index in [1.807, 2.05) is 0 Å². The van der Waals surface area contributed by atoms with Gasteiger partial charge in [-0.15, -0.1) is 0 Å². The SMILES string of the molecule is COc1cccc(N(Cc2ccc(Cl)cc2)S(=O)(=O)c2ccc(F)cc2C)c1. The van der Waals surface area contributed by atoms with E-state index in [2.05, 4.69) is 0 Å². The first-order chi connectivity index (χ1) is 13.3. The summed E-state index contributed by atoms with van der Waals surface area (Å²) in [6, 6.07) is 17.4. The van der Waals surface area contributed by atoms with Gasteiger partial charge in [-0.2, -0.15) is 0 Å². The number of aryl methyl sites for hydroxylation is 1. The molecule has 28 heavy (non-hydrogen) atoms. The Morgan fingerprint density at radius 1 is 1.04 bits per heavy atom. The summed E-state index contributed by atoms with van der Waals surface area (Å²) in [5.41, 5.74) is 1.54. The molecule has 0 atom stereocenters. The maximum Gasteiger partial charge on any atom is 0.264 e. The molecule has 0 saturated carbocycles. The quantitative estimate of drug-likeness (QED) is 0.552. The van der Waals surface area contributed by atoms with Gasteiger partial charge < -0.3 is 4.74 Å². The third-order valence-corrected chi connectivity index (χ3v) is 6.47. The van der Waals surface area contributed by atoms with Crippen molar-refractivity contribution < 1.29 is 17.5 Å². The Kier molecular flexibility index (Phi) is 5.91. The highest BCUT2D eigenvalue weighted by molar-refractivity contribution is 7.92. The van der Waals surface area contributed by atoms with Gasteiger partial charge in [0.1, 0.15) is 11.6 Å². The van der Waals surface area contributed by atoms with Gasteiger partial charge in [-0.3, -0.25) is 4.31 Å². The second-order valence-corrected chi connectivity index (χ2v) is 8.52. The molecule has 0 aliphatic rings. The lowest BCUT2D eigenvalue weighted by Gasteiger charge is -2.26. The van der Waals surface area contributed by atoms with Crippen molar-refractivity contribution in [2.24, 2.45) is 0 Å². The van der Waals surface area contributed by atoms with E-state index in [4.69, 9.17) is 16.3 Å². The summed E-state index contributed by atoms with van der Waals surface area (Å²) in [6.45, 7) is 1.66. The van der Waals surface area contributed by atoms with Crippen LogP contribution in [0.4, 0.5) is 10.1 Å². The summed E-state index contributed by atoms with van der Waals surface area (Å²) in [5, 5.41) is 0.564. The molecule has 4 nitrogen and oxygen atoms in total. The lowest BCUT2D eigenvalue weighted by atomic mass is 10.2. The molecule has 3 rings (SSSR count). The van der Waals surface area contributed by atoms with Crippen molar-refractivity contribution in [3.8, 4) is 5.75 Å². The monoisotopic (exact) mass is 419 g/mol. The third kappa shape index (κ3) is 4.29. The van der Waals surface area contributed by atoms with Gasteiger partial charge in [0.2, 0.25) is 0 Å². The molecule has 7 heteroatoms. The van der Waals surface area contributed by atoms with Gasteiger partial charge in [0.25, 0.3) is 10.0 Å². The highest BCUT2D eigenvalue weighted by atomic mass is 35.5. The minimum Gasteiger partial charge on any atom is -0.497 e. The number of hydrogen-bond donors (Lipinski definition) is 0. The van der Waals surface area contributed by atoms with Crippen LogP contribution in [0.3, 0.4) is 0 Å². The number of halogens is 2. The molecule has 0 aliphatic heterocycles. The number of anilines is 1. The van der Waals surface area contributed by atoms with Gasteiger partial charge in [0.05, 0.1) is 24.2 Å². The number of nitrogens with zero attached hydrogens (tertiary/aromatic N) is 1. The third-order valence-electron chi connectivity index (χ3n) is 4.29. The molecule has 0 unspecified atom stereocenters. The van der Waals surface area contributed by atoms with Crippen LogP contribution in [0.1, 0.15) is 11.1 Å². The van der Waals surface area contributed by atoms with Crippen molar-refractivity contribution in [1.82, 2.24) is 0 Å². The minimum atomic E-state index is -3.96. The highest BCUT2D eigenvalue weighted by Crippen LogP contribution is 2.30. The molecule has 0 aromatic heterocycles. The van der Waals surface area contributed by atoms with Crippen LogP contribution >= 0.6 is 11.6 Å². The fraction of sp³-hybridized carbons (Fsp3) is 0.143. The number of rotatable bonds is 6. The zero-order valence-corrected chi connectivity index (χ0v) is 17.0. The molecule has 0 saturated heterocycles. The number of hydrogen-bond acceptors (Lipinski definition) is 3. The topological polar surface area (TPSA) is 46.6 Å². The smallest absolute Gasteiger partial charge is 0.264 e. The standard InChI is InChI=1S/C21H19ClFNO3S/c1-15-12-18(23)10-11-21(15)28(25,26)24(14-16-6-8-17(22)9-7-16)19-4-3-5-20(13-19)27-2/h3-13H,14H2,1-2H3. The van der Waals surface area contributed by atoms with Crippen molar-refractivity contribution in [2.75, 3.05) is 11.4 Å². The maximum absolute atomic E-state index is 13.5. The van der Waals surface area contributed by atoms with Crippen LogP contribution in [0.15, 0.2) is 71.6 Å². The zero-order chi connectivity index (χ0) is 20.3. The summed E-state index contributed by atoms with van der Waals surface area (Å²) in [7, 11) is -2.44. The Hall–Kier alpha value is -2.57. The first-order valence-corrected chi connectivity index (χ1v) is 10.3. The second kappa shape index (κ2) is 8.20. The molecule has 0 aliphatic carbocycles. The largest absolute Gasteiger partial charge is 0.497 e. The van der Waals surface area contributed by atoms with Gasteiger partial charge in [-0.05, 0) is 60.5 Å². The van der Waals surface area contributed by atoms with Crippen molar-refractivity contribution in [3.05, 3.63) is 88.7 Å². The Morgan fingerprint density at radius 3 is 2.39 bits per heavy atom. The van der Waals surface area contributed by atoms with E-state index in [1.165, 1.54) is 23.5 Å². The first kappa shape index (κ1) is 20.2. The number of benzene rings is 3. The highest BCUT2D eigenvalue weighted by Gasteiger charge is 2.27. The molecular formula is C21H19ClFNO3S. The molecule has 0 fully saturated rings. The van der Waals surface area contributed by atoms with Crippen LogP contribution in [0.2, 0.25) is 5.02 Å². The lowest BCUT2D eigenvalue weighted by molar-refractivity contribution is 0.415. The van der Waals surface area contributed by atoms with Crippen LogP contribution in [0.25, 0.3) is 0 Å². The van der Waals surface area contributed by atoms with Gasteiger partial charge in [-0.25, -0.2) is 12.8 Å². The molecule has 0 radical (unpaired) electrons. The van der Waals surface area contributed by atoms with E-state index in [0.29, 0.717) is 22.0 Å². The van der Waals surface area contributed by atoms with E-state index in [-0.39, 0.29) is 11.4 Å². The van der Waals surface area contributed by atoms with Gasteiger partial charge >= 0.3 is 0 Å². The fourth-order valence-electron chi connectivity index (χ4n) is 2.86. The van der Waals surface area contributed by atoms with Crippen molar-refractivity contribution in [2.45, 2.75) is 18.4 Å². The van der Waals surface area contributed by atoms with Crippen LogP contribution in [0, 0.1) is 12.7 Å². The summed E-state index contributed by atoms with van der Waals surface area (Å²) in [6.07, 6.45) is 0. The Balaban J connectivity index is 2.12. The van der Waals surface area contributed by atoms with Crippen LogP contribution in [-0.2, 0) is 16.6 Å². The summed E-state index contributed by atoms with van der Waals surface area (Å²) < 4.78 is 47.0. The molecule has 3 aromatic rings. The van der Waals surface area contributed by atoms with E-state index in [1.54, 1.807) is 55.5 Å². The van der Waals surface area contributed by atoms with Crippen LogP contribution < -0.4 is 9.04 Å². The predicted molar refractivity (Wildman–Crippen MR) is 109 cm³/mol. The normalized spacial score (nSPS) is 11.3. The number of methoxy groups -OCH3 is 1. The molecule has 0 spiro atoms. The van der Waals surface area contributed by atoms with Crippen LogP contribution in [-0.4, -0.2) is 15.5 Å². The molecule has 0 bridgehead atoms. The summed E-state index contributed by atoms with van der Waals surface area (Å²) in [4.78, 5) is 0.0469. The van der Waals surface area contributed by atoms with Crippen molar-refractivity contribution >= 4 is 27.3 Å². The predicted octanol–water partition coefficient (Wildman–Crippen LogP) is 5.19. The summed E-state index contributed by atoms with van der Waals surface area (Å²) in [5.74, 6) is 0.0479. The number of ether oxygens (including phenoxy) is 1. The van der Waals surface area contributed by atoms with Crippen LogP contribution in [0.5, 0.6) is 5.75 Å². The Morgan fingerprint density at radius 2 is 1.75 bits per heavy atom. The van der Waals surface area contributed by atoms with Crippen molar-refractivity contribution in [3.63, 3.8) is 0 Å². The average molecular weight is 420 g/mol. The van der Waals surface area contributed by atoms with Gasteiger partial charge in [-0.1, -0.05) is 29.8 Å². The molecule has 146 valence electrons. The molecule has 3 aromatic carbocycles. The van der Waals surface area contributed by atoms with E-state index in [9.17, 15) is 12.8 Å².